The number of non-ortho nitro benzene ring substituents is 1. The summed E-state index contributed by atoms with van der Waals surface area (Å²) in [6, 6.07) is 15.3. The summed E-state index contributed by atoms with van der Waals surface area (Å²) in [5.41, 5.74) is 0.749. The Morgan fingerprint density at radius 3 is 2.53 bits per heavy atom. The van der Waals surface area contributed by atoms with Gasteiger partial charge in [0.15, 0.2) is 12.9 Å². The standard InChI is InChI=1S/C22H20N2O6/c1-23(12-15-3-4-17-11-20(29-2)7-5-16(17)9-15)22(26)14-30-21-8-6-19(24(27)28)10-18(21)13-25/h3-11,13H,12,14H2,1-2H3. The molecule has 0 heterocycles. The number of rotatable bonds is 8. The van der Waals surface area contributed by atoms with Crippen LogP contribution in [-0.4, -0.2) is 42.8 Å². The second kappa shape index (κ2) is 9.04. The van der Waals surface area contributed by atoms with E-state index in [0.29, 0.717) is 12.8 Å². The number of aldehydes is 1. The van der Waals surface area contributed by atoms with Gasteiger partial charge >= 0.3 is 0 Å². The van der Waals surface area contributed by atoms with E-state index in [9.17, 15) is 19.7 Å². The van der Waals surface area contributed by atoms with Gasteiger partial charge in [0.05, 0.1) is 17.6 Å². The van der Waals surface area contributed by atoms with Gasteiger partial charge < -0.3 is 14.4 Å². The normalized spacial score (nSPS) is 10.5. The number of fused-ring (bicyclic) bond motifs is 1. The molecule has 0 unspecified atom stereocenters. The maximum Gasteiger partial charge on any atom is 0.270 e. The molecule has 0 N–H and O–H groups in total. The number of likely N-dealkylation sites (N-methyl/N-ethyl adjacent to an activating group) is 1. The van der Waals surface area contributed by atoms with E-state index in [-0.39, 0.29) is 29.5 Å². The van der Waals surface area contributed by atoms with E-state index < -0.39 is 4.92 Å². The zero-order valence-electron chi connectivity index (χ0n) is 16.5. The van der Waals surface area contributed by atoms with Gasteiger partial charge in [0.2, 0.25) is 0 Å². The van der Waals surface area contributed by atoms with E-state index >= 15 is 0 Å². The number of nitro benzene ring substituents is 1. The summed E-state index contributed by atoms with van der Waals surface area (Å²) in [5.74, 6) is 0.609. The third kappa shape index (κ3) is 4.72. The Morgan fingerprint density at radius 1 is 1.10 bits per heavy atom. The number of carbonyl (C=O) groups excluding carboxylic acids is 2. The second-order valence-corrected chi connectivity index (χ2v) is 6.68. The van der Waals surface area contributed by atoms with Gasteiger partial charge in [-0.05, 0) is 40.6 Å². The maximum atomic E-state index is 12.4. The smallest absolute Gasteiger partial charge is 0.270 e. The average Bonchev–Trinajstić information content (AvgIpc) is 2.76. The van der Waals surface area contributed by atoms with Crippen LogP contribution >= 0.6 is 0 Å². The molecule has 8 nitrogen and oxygen atoms in total. The highest BCUT2D eigenvalue weighted by Gasteiger charge is 2.15. The van der Waals surface area contributed by atoms with E-state index in [1.54, 1.807) is 14.2 Å². The van der Waals surface area contributed by atoms with Gasteiger partial charge in [-0.15, -0.1) is 0 Å². The van der Waals surface area contributed by atoms with E-state index in [1.165, 1.54) is 17.0 Å². The molecule has 1 amide bonds. The molecule has 0 saturated heterocycles. The molecule has 8 heteroatoms. The van der Waals surface area contributed by atoms with Gasteiger partial charge in [0.1, 0.15) is 11.5 Å². The molecule has 0 radical (unpaired) electrons. The van der Waals surface area contributed by atoms with Gasteiger partial charge in [-0.2, -0.15) is 0 Å². The molecule has 3 aromatic rings. The first kappa shape index (κ1) is 20.8. The summed E-state index contributed by atoms with van der Waals surface area (Å²) in [6.45, 7) is 0.0882. The molecule has 0 atom stereocenters. The fourth-order valence-electron chi connectivity index (χ4n) is 2.98. The van der Waals surface area contributed by atoms with Crippen LogP contribution in [0.1, 0.15) is 15.9 Å². The number of nitro groups is 1. The van der Waals surface area contributed by atoms with Gasteiger partial charge in [-0.1, -0.05) is 18.2 Å². The molecule has 0 bridgehead atoms. The summed E-state index contributed by atoms with van der Waals surface area (Å²) in [5, 5.41) is 12.9. The van der Waals surface area contributed by atoms with Crippen molar-refractivity contribution in [3.8, 4) is 11.5 Å². The minimum absolute atomic E-state index is 0.0182. The molecule has 0 aromatic heterocycles. The molecule has 3 aromatic carbocycles. The largest absolute Gasteiger partial charge is 0.497 e. The van der Waals surface area contributed by atoms with Crippen LogP contribution in [0.3, 0.4) is 0 Å². The van der Waals surface area contributed by atoms with Crippen LogP contribution < -0.4 is 9.47 Å². The van der Waals surface area contributed by atoms with Crippen LogP contribution in [0.2, 0.25) is 0 Å². The highest BCUT2D eigenvalue weighted by molar-refractivity contribution is 5.85. The van der Waals surface area contributed by atoms with E-state index in [0.717, 1.165) is 28.2 Å². The fourth-order valence-corrected chi connectivity index (χ4v) is 2.98. The van der Waals surface area contributed by atoms with Crippen molar-refractivity contribution in [2.24, 2.45) is 0 Å². The summed E-state index contributed by atoms with van der Waals surface area (Å²) < 4.78 is 10.6. The molecule has 0 aliphatic rings. The van der Waals surface area contributed by atoms with Crippen LogP contribution in [-0.2, 0) is 11.3 Å². The quantitative estimate of drug-likeness (QED) is 0.321. The zero-order chi connectivity index (χ0) is 21.7. The van der Waals surface area contributed by atoms with Crippen LogP contribution in [0.15, 0.2) is 54.6 Å². The van der Waals surface area contributed by atoms with Crippen molar-refractivity contribution in [2.45, 2.75) is 6.54 Å². The zero-order valence-corrected chi connectivity index (χ0v) is 16.5. The van der Waals surface area contributed by atoms with Crippen LogP contribution in [0.4, 0.5) is 5.69 Å². The molecule has 0 aliphatic carbocycles. The third-order valence-electron chi connectivity index (χ3n) is 4.64. The highest BCUT2D eigenvalue weighted by Crippen LogP contribution is 2.24. The van der Waals surface area contributed by atoms with Gasteiger partial charge in [0, 0.05) is 25.7 Å². The molecule has 0 spiro atoms. The van der Waals surface area contributed by atoms with Crippen molar-refractivity contribution in [1.29, 1.82) is 0 Å². The lowest BCUT2D eigenvalue weighted by molar-refractivity contribution is -0.384. The van der Waals surface area contributed by atoms with Gasteiger partial charge in [0.25, 0.3) is 11.6 Å². The average molecular weight is 408 g/mol. The summed E-state index contributed by atoms with van der Waals surface area (Å²) in [4.78, 5) is 35.3. The van der Waals surface area contributed by atoms with Crippen LogP contribution in [0.5, 0.6) is 11.5 Å². The predicted octanol–water partition coefficient (Wildman–Crippen LogP) is 3.61. The minimum atomic E-state index is -0.602. The summed E-state index contributed by atoms with van der Waals surface area (Å²) in [6.07, 6.45) is 0.459. The Balaban J connectivity index is 1.64. The Labute approximate surface area is 172 Å². The number of amides is 1. The first-order chi connectivity index (χ1) is 14.4. The lowest BCUT2D eigenvalue weighted by Gasteiger charge is -2.18. The van der Waals surface area contributed by atoms with Crippen molar-refractivity contribution in [1.82, 2.24) is 4.90 Å². The van der Waals surface area contributed by atoms with Gasteiger partial charge in [-0.3, -0.25) is 19.7 Å². The van der Waals surface area contributed by atoms with E-state index in [2.05, 4.69) is 0 Å². The SMILES string of the molecule is COc1ccc2cc(CN(C)C(=O)COc3ccc([N+](=O)[O-])cc3C=O)ccc2c1. The molecule has 154 valence electrons. The molecule has 0 aliphatic heterocycles. The van der Waals surface area contributed by atoms with Crippen molar-refractivity contribution in [3.05, 3.63) is 75.8 Å². The van der Waals surface area contributed by atoms with Crippen molar-refractivity contribution < 1.29 is 24.0 Å². The van der Waals surface area contributed by atoms with E-state index in [1.807, 2.05) is 36.4 Å². The monoisotopic (exact) mass is 408 g/mol. The summed E-state index contributed by atoms with van der Waals surface area (Å²) in [7, 11) is 3.27. The molecular weight excluding hydrogens is 388 g/mol. The lowest BCUT2D eigenvalue weighted by atomic mass is 10.1. The maximum absolute atomic E-state index is 12.4. The Kier molecular flexibility index (Phi) is 6.26. The third-order valence-corrected chi connectivity index (χ3v) is 4.64. The second-order valence-electron chi connectivity index (χ2n) is 6.68. The topological polar surface area (TPSA) is 99.0 Å². The Bertz CT molecular complexity index is 1110. The van der Waals surface area contributed by atoms with Crippen LogP contribution in [0, 0.1) is 10.1 Å². The Morgan fingerprint density at radius 2 is 1.83 bits per heavy atom. The molecule has 3 rings (SSSR count). The number of methoxy groups -OCH3 is 1. The highest BCUT2D eigenvalue weighted by atomic mass is 16.6. The molecule has 30 heavy (non-hydrogen) atoms. The minimum Gasteiger partial charge on any atom is -0.497 e. The lowest BCUT2D eigenvalue weighted by Crippen LogP contribution is -2.31. The molecule has 0 saturated carbocycles. The first-order valence-corrected chi connectivity index (χ1v) is 9.08. The Hall–Kier alpha value is -3.94. The van der Waals surface area contributed by atoms with Crippen LogP contribution in [0.25, 0.3) is 10.8 Å². The predicted molar refractivity (Wildman–Crippen MR) is 111 cm³/mol. The number of carbonyl (C=O) groups is 2. The number of hydrogen-bond acceptors (Lipinski definition) is 6. The van der Waals surface area contributed by atoms with E-state index in [4.69, 9.17) is 9.47 Å². The first-order valence-electron chi connectivity index (χ1n) is 9.08. The number of ether oxygens (including phenoxy) is 2. The number of benzene rings is 3. The summed E-state index contributed by atoms with van der Waals surface area (Å²) >= 11 is 0. The number of hydrogen-bond donors (Lipinski definition) is 0. The number of nitrogens with zero attached hydrogens (tertiary/aromatic N) is 2. The fraction of sp³-hybridized carbons (Fsp3) is 0.182. The molecule has 0 fully saturated rings. The molecular formula is C22H20N2O6. The van der Waals surface area contributed by atoms with Crippen molar-refractivity contribution >= 4 is 28.7 Å². The van der Waals surface area contributed by atoms with Crippen molar-refractivity contribution in [3.63, 3.8) is 0 Å². The van der Waals surface area contributed by atoms with Gasteiger partial charge in [-0.25, -0.2) is 0 Å². The van der Waals surface area contributed by atoms with Crippen molar-refractivity contribution in [2.75, 3.05) is 20.8 Å².